The van der Waals surface area contributed by atoms with Crippen LogP contribution >= 0.6 is 0 Å². The zero-order chi connectivity index (χ0) is 19.1. The molecule has 1 atom stereocenters. The summed E-state index contributed by atoms with van der Waals surface area (Å²) < 4.78 is 11.2. The van der Waals surface area contributed by atoms with Gasteiger partial charge in [0.1, 0.15) is 24.7 Å². The molecular formula is C21H23NO5. The molecule has 0 aromatic heterocycles. The fraction of sp³-hybridized carbons (Fsp3) is 0.333. The van der Waals surface area contributed by atoms with E-state index in [1.807, 2.05) is 54.6 Å². The van der Waals surface area contributed by atoms with E-state index in [0.717, 1.165) is 17.1 Å². The lowest BCUT2D eigenvalue weighted by molar-refractivity contribution is -0.141. The Kier molecular flexibility index (Phi) is 6.30. The number of carbonyl (C=O) groups is 2. The number of hydrogen-bond donors (Lipinski definition) is 1. The molecule has 1 heterocycles. The van der Waals surface area contributed by atoms with Crippen LogP contribution in [-0.4, -0.2) is 48.2 Å². The van der Waals surface area contributed by atoms with Crippen molar-refractivity contribution in [2.24, 2.45) is 5.92 Å². The fourth-order valence-corrected chi connectivity index (χ4v) is 3.01. The lowest BCUT2D eigenvalue weighted by Gasteiger charge is -2.16. The molecule has 1 N–H and O–H groups in total. The fourth-order valence-electron chi connectivity index (χ4n) is 3.01. The zero-order valence-electron chi connectivity index (χ0n) is 15.0. The van der Waals surface area contributed by atoms with Gasteiger partial charge in [0.15, 0.2) is 0 Å². The predicted octanol–water partition coefficient (Wildman–Crippen LogP) is 2.62. The second-order valence-electron chi connectivity index (χ2n) is 6.48. The summed E-state index contributed by atoms with van der Waals surface area (Å²) in [5.41, 5.74) is 1.08. The van der Waals surface area contributed by atoms with Gasteiger partial charge in [0.05, 0.1) is 5.92 Å². The molecule has 3 rings (SSSR count). The van der Waals surface area contributed by atoms with Gasteiger partial charge >= 0.3 is 5.97 Å². The van der Waals surface area contributed by atoms with Crippen molar-refractivity contribution in [3.63, 3.8) is 0 Å². The smallest absolute Gasteiger partial charge is 0.308 e. The van der Waals surface area contributed by atoms with E-state index in [4.69, 9.17) is 14.6 Å². The Labute approximate surface area is 158 Å². The predicted molar refractivity (Wildman–Crippen MR) is 99.9 cm³/mol. The Morgan fingerprint density at radius 2 is 1.63 bits per heavy atom. The molecule has 0 bridgehead atoms. The standard InChI is InChI=1S/C21H23NO5/c23-20-14-17(21(24)25)15-22(20)11-10-16-6-8-19(9-7-16)27-13-12-26-18-4-2-1-3-5-18/h1-9,17H,10-15H2,(H,24,25). The first kappa shape index (κ1) is 18.8. The average molecular weight is 369 g/mol. The van der Waals surface area contributed by atoms with Crippen molar-refractivity contribution in [1.82, 2.24) is 4.90 Å². The number of benzene rings is 2. The Balaban J connectivity index is 1.38. The molecule has 142 valence electrons. The third-order valence-electron chi connectivity index (χ3n) is 4.52. The number of aliphatic carboxylic acids is 1. The van der Waals surface area contributed by atoms with Gasteiger partial charge in [-0.1, -0.05) is 30.3 Å². The molecule has 6 nitrogen and oxygen atoms in total. The number of ether oxygens (including phenoxy) is 2. The largest absolute Gasteiger partial charge is 0.490 e. The van der Waals surface area contributed by atoms with Crippen molar-refractivity contribution in [3.05, 3.63) is 60.2 Å². The van der Waals surface area contributed by atoms with Gasteiger partial charge in [0.2, 0.25) is 5.91 Å². The van der Waals surface area contributed by atoms with Crippen LogP contribution in [0.3, 0.4) is 0 Å². The number of amides is 1. The third-order valence-corrected chi connectivity index (χ3v) is 4.52. The molecule has 0 aliphatic carbocycles. The lowest BCUT2D eigenvalue weighted by Crippen LogP contribution is -2.28. The molecule has 27 heavy (non-hydrogen) atoms. The van der Waals surface area contributed by atoms with Gasteiger partial charge in [-0.15, -0.1) is 0 Å². The summed E-state index contributed by atoms with van der Waals surface area (Å²) in [4.78, 5) is 24.5. The van der Waals surface area contributed by atoms with Crippen molar-refractivity contribution in [1.29, 1.82) is 0 Å². The highest BCUT2D eigenvalue weighted by Gasteiger charge is 2.33. The van der Waals surface area contributed by atoms with Gasteiger partial charge in [-0.2, -0.15) is 0 Å². The summed E-state index contributed by atoms with van der Waals surface area (Å²) in [6.45, 7) is 1.76. The molecule has 1 saturated heterocycles. The quantitative estimate of drug-likeness (QED) is 0.688. The van der Waals surface area contributed by atoms with Crippen LogP contribution in [0.15, 0.2) is 54.6 Å². The molecule has 0 spiro atoms. The minimum atomic E-state index is -0.899. The second-order valence-corrected chi connectivity index (χ2v) is 6.48. The molecule has 2 aromatic carbocycles. The van der Waals surface area contributed by atoms with Crippen molar-refractivity contribution < 1.29 is 24.2 Å². The molecule has 1 aliphatic rings. The summed E-state index contributed by atoms with van der Waals surface area (Å²) in [7, 11) is 0. The van der Waals surface area contributed by atoms with Gasteiger partial charge in [-0.25, -0.2) is 0 Å². The molecular weight excluding hydrogens is 346 g/mol. The van der Waals surface area contributed by atoms with Crippen LogP contribution in [0.25, 0.3) is 0 Å². The molecule has 2 aromatic rings. The molecule has 0 saturated carbocycles. The minimum absolute atomic E-state index is 0.0826. The number of carbonyl (C=O) groups excluding carboxylic acids is 1. The third kappa shape index (κ3) is 5.48. The van der Waals surface area contributed by atoms with Crippen LogP contribution in [0.5, 0.6) is 11.5 Å². The van der Waals surface area contributed by atoms with Crippen LogP contribution in [0, 0.1) is 5.92 Å². The number of carboxylic acids is 1. The molecule has 0 radical (unpaired) electrons. The highest BCUT2D eigenvalue weighted by Crippen LogP contribution is 2.19. The van der Waals surface area contributed by atoms with E-state index in [9.17, 15) is 9.59 Å². The Morgan fingerprint density at radius 3 is 2.22 bits per heavy atom. The normalized spacial score (nSPS) is 16.4. The topological polar surface area (TPSA) is 76.1 Å². The van der Waals surface area contributed by atoms with Crippen molar-refractivity contribution in [3.8, 4) is 11.5 Å². The van der Waals surface area contributed by atoms with E-state index in [1.165, 1.54) is 0 Å². The maximum absolute atomic E-state index is 11.8. The van der Waals surface area contributed by atoms with Crippen molar-refractivity contribution >= 4 is 11.9 Å². The number of carboxylic acid groups (broad SMARTS) is 1. The summed E-state index contributed by atoms with van der Waals surface area (Å²) in [6, 6.07) is 17.3. The SMILES string of the molecule is O=C(O)C1CC(=O)N(CCc2ccc(OCCOc3ccccc3)cc2)C1. The van der Waals surface area contributed by atoms with E-state index < -0.39 is 11.9 Å². The van der Waals surface area contributed by atoms with Gasteiger partial charge in [-0.05, 0) is 36.2 Å². The first-order valence-electron chi connectivity index (χ1n) is 9.02. The first-order valence-corrected chi connectivity index (χ1v) is 9.02. The van der Waals surface area contributed by atoms with Crippen LogP contribution in [0.4, 0.5) is 0 Å². The molecule has 1 aliphatic heterocycles. The van der Waals surface area contributed by atoms with E-state index in [0.29, 0.717) is 32.7 Å². The van der Waals surface area contributed by atoms with E-state index in [2.05, 4.69) is 0 Å². The number of likely N-dealkylation sites (tertiary alicyclic amines) is 1. The monoisotopic (exact) mass is 369 g/mol. The molecule has 1 fully saturated rings. The molecule has 1 unspecified atom stereocenters. The van der Waals surface area contributed by atoms with E-state index in [-0.39, 0.29) is 12.3 Å². The Hall–Kier alpha value is -3.02. The molecule has 1 amide bonds. The minimum Gasteiger partial charge on any atom is -0.490 e. The van der Waals surface area contributed by atoms with Crippen LogP contribution < -0.4 is 9.47 Å². The summed E-state index contributed by atoms with van der Waals surface area (Å²) in [6.07, 6.45) is 0.794. The summed E-state index contributed by atoms with van der Waals surface area (Å²) in [5.74, 6) is 0.0207. The van der Waals surface area contributed by atoms with Gasteiger partial charge in [0.25, 0.3) is 0 Å². The summed E-state index contributed by atoms with van der Waals surface area (Å²) >= 11 is 0. The molecule has 6 heteroatoms. The Morgan fingerprint density at radius 1 is 1.00 bits per heavy atom. The Bertz CT molecular complexity index is 760. The van der Waals surface area contributed by atoms with Crippen LogP contribution in [0.2, 0.25) is 0 Å². The van der Waals surface area contributed by atoms with Gasteiger partial charge in [-0.3, -0.25) is 9.59 Å². The zero-order valence-corrected chi connectivity index (χ0v) is 15.0. The van der Waals surface area contributed by atoms with Gasteiger partial charge in [0, 0.05) is 19.5 Å². The van der Waals surface area contributed by atoms with E-state index in [1.54, 1.807) is 4.90 Å². The number of nitrogens with zero attached hydrogens (tertiary/aromatic N) is 1. The number of para-hydroxylation sites is 1. The highest BCUT2D eigenvalue weighted by atomic mass is 16.5. The highest BCUT2D eigenvalue weighted by molar-refractivity contribution is 5.86. The van der Waals surface area contributed by atoms with Gasteiger partial charge < -0.3 is 19.5 Å². The summed E-state index contributed by atoms with van der Waals surface area (Å²) in [5, 5.41) is 9.02. The van der Waals surface area contributed by atoms with Crippen molar-refractivity contribution in [2.45, 2.75) is 12.8 Å². The second kappa shape index (κ2) is 9.07. The number of rotatable bonds is 9. The number of hydrogen-bond acceptors (Lipinski definition) is 4. The van der Waals surface area contributed by atoms with Crippen LogP contribution in [0.1, 0.15) is 12.0 Å². The van der Waals surface area contributed by atoms with Crippen LogP contribution in [-0.2, 0) is 16.0 Å². The van der Waals surface area contributed by atoms with Crippen molar-refractivity contribution in [2.75, 3.05) is 26.3 Å². The lowest BCUT2D eigenvalue weighted by atomic mass is 10.1. The average Bonchev–Trinajstić information content (AvgIpc) is 3.06. The maximum atomic E-state index is 11.8. The first-order chi connectivity index (χ1) is 13.1. The maximum Gasteiger partial charge on any atom is 0.308 e. The van der Waals surface area contributed by atoms with E-state index >= 15 is 0 Å².